The molecule has 2 aromatic rings. The Morgan fingerprint density at radius 2 is 2.04 bits per heavy atom. The standard InChI is InChI=1S/C18H20N2O3S/c1-10-8-13-6-4-5-7-14(13)20(10)9-15(21)19-17-16(18(22)23)11(2)12(3)24-17/h4-7,10H,8-9H2,1-3H3,(H,19,21)(H,22,23). The maximum atomic E-state index is 12.5. The van der Waals surface area contributed by atoms with Gasteiger partial charge in [0.05, 0.1) is 12.1 Å². The summed E-state index contributed by atoms with van der Waals surface area (Å²) < 4.78 is 0. The fraction of sp³-hybridized carbons (Fsp3) is 0.333. The van der Waals surface area contributed by atoms with Crippen LogP contribution in [0.3, 0.4) is 0 Å². The summed E-state index contributed by atoms with van der Waals surface area (Å²) in [4.78, 5) is 26.9. The third-order valence-corrected chi connectivity index (χ3v) is 5.64. The molecule has 2 N–H and O–H groups in total. The largest absolute Gasteiger partial charge is 0.478 e. The van der Waals surface area contributed by atoms with Gasteiger partial charge in [-0.2, -0.15) is 0 Å². The molecule has 1 amide bonds. The van der Waals surface area contributed by atoms with Crippen molar-refractivity contribution in [1.29, 1.82) is 0 Å². The Morgan fingerprint density at radius 3 is 2.75 bits per heavy atom. The van der Waals surface area contributed by atoms with Gasteiger partial charge in [0, 0.05) is 16.6 Å². The SMILES string of the molecule is Cc1sc(NC(=O)CN2c3ccccc3CC2C)c(C(=O)O)c1C. The van der Waals surface area contributed by atoms with Crippen molar-refractivity contribution in [2.75, 3.05) is 16.8 Å². The van der Waals surface area contributed by atoms with E-state index in [0.29, 0.717) is 10.6 Å². The van der Waals surface area contributed by atoms with Crippen LogP contribution in [0.25, 0.3) is 0 Å². The van der Waals surface area contributed by atoms with Crippen molar-refractivity contribution >= 4 is 33.9 Å². The van der Waals surface area contributed by atoms with E-state index in [9.17, 15) is 14.7 Å². The summed E-state index contributed by atoms with van der Waals surface area (Å²) in [6, 6.07) is 8.33. The molecule has 1 aromatic carbocycles. The molecule has 6 heteroatoms. The molecular formula is C18H20N2O3S. The number of anilines is 2. The second kappa shape index (κ2) is 6.28. The number of fused-ring (bicyclic) bond motifs is 1. The number of rotatable bonds is 4. The van der Waals surface area contributed by atoms with Gasteiger partial charge in [0.1, 0.15) is 5.00 Å². The predicted molar refractivity (Wildman–Crippen MR) is 96.3 cm³/mol. The van der Waals surface area contributed by atoms with Gasteiger partial charge in [-0.1, -0.05) is 18.2 Å². The molecule has 5 nitrogen and oxygen atoms in total. The Morgan fingerprint density at radius 1 is 1.33 bits per heavy atom. The first-order valence-corrected chi connectivity index (χ1v) is 8.67. The Kier molecular flexibility index (Phi) is 4.32. The highest BCUT2D eigenvalue weighted by Gasteiger charge is 2.28. The maximum absolute atomic E-state index is 12.5. The molecule has 1 aliphatic rings. The van der Waals surface area contributed by atoms with Crippen LogP contribution in [-0.4, -0.2) is 29.6 Å². The lowest BCUT2D eigenvalue weighted by molar-refractivity contribution is -0.115. The number of thiophene rings is 1. The van der Waals surface area contributed by atoms with Gasteiger partial charge >= 0.3 is 5.97 Å². The van der Waals surface area contributed by atoms with Crippen molar-refractivity contribution in [3.05, 3.63) is 45.8 Å². The van der Waals surface area contributed by atoms with E-state index in [1.165, 1.54) is 16.9 Å². The van der Waals surface area contributed by atoms with Gasteiger partial charge < -0.3 is 15.3 Å². The first-order valence-electron chi connectivity index (χ1n) is 7.86. The lowest BCUT2D eigenvalue weighted by Gasteiger charge is -2.24. The average molecular weight is 344 g/mol. The van der Waals surface area contributed by atoms with Crippen LogP contribution in [0.1, 0.15) is 33.3 Å². The van der Waals surface area contributed by atoms with Crippen LogP contribution in [0.4, 0.5) is 10.7 Å². The zero-order valence-corrected chi connectivity index (χ0v) is 14.7. The van der Waals surface area contributed by atoms with Crippen LogP contribution in [0.2, 0.25) is 0 Å². The molecular weight excluding hydrogens is 324 g/mol. The molecule has 3 rings (SSSR count). The number of amides is 1. The Hall–Kier alpha value is -2.34. The number of aryl methyl sites for hydroxylation is 1. The van der Waals surface area contributed by atoms with E-state index in [2.05, 4.69) is 23.2 Å². The number of para-hydroxylation sites is 1. The smallest absolute Gasteiger partial charge is 0.338 e. The normalized spacial score (nSPS) is 16.1. The van der Waals surface area contributed by atoms with Crippen LogP contribution >= 0.6 is 11.3 Å². The third-order valence-electron chi connectivity index (χ3n) is 4.51. The number of carboxylic acid groups (broad SMARTS) is 1. The minimum absolute atomic E-state index is 0.192. The zero-order chi connectivity index (χ0) is 17.4. The van der Waals surface area contributed by atoms with E-state index >= 15 is 0 Å². The average Bonchev–Trinajstić information content (AvgIpc) is 2.97. The van der Waals surface area contributed by atoms with Crippen LogP contribution in [-0.2, 0) is 11.2 Å². The molecule has 0 radical (unpaired) electrons. The second-order valence-corrected chi connectivity index (χ2v) is 7.38. The van der Waals surface area contributed by atoms with E-state index in [0.717, 1.165) is 17.0 Å². The molecule has 1 aromatic heterocycles. The van der Waals surface area contributed by atoms with E-state index in [4.69, 9.17) is 0 Å². The predicted octanol–water partition coefficient (Wildman–Crippen LogP) is 3.45. The number of hydrogen-bond donors (Lipinski definition) is 2. The molecule has 1 atom stereocenters. The molecule has 2 heterocycles. The number of nitrogens with one attached hydrogen (secondary N) is 1. The lowest BCUT2D eigenvalue weighted by atomic mass is 10.1. The number of carbonyl (C=O) groups is 2. The fourth-order valence-electron chi connectivity index (χ4n) is 3.16. The number of benzene rings is 1. The van der Waals surface area contributed by atoms with Gasteiger partial charge in [-0.15, -0.1) is 11.3 Å². The number of hydrogen-bond acceptors (Lipinski definition) is 4. The van der Waals surface area contributed by atoms with Crippen molar-refractivity contribution < 1.29 is 14.7 Å². The lowest BCUT2D eigenvalue weighted by Crippen LogP contribution is -2.37. The van der Waals surface area contributed by atoms with Crippen molar-refractivity contribution in [3.8, 4) is 0 Å². The summed E-state index contributed by atoms with van der Waals surface area (Å²) in [5, 5.41) is 12.6. The summed E-state index contributed by atoms with van der Waals surface area (Å²) in [5.41, 5.74) is 3.23. The molecule has 126 valence electrons. The minimum Gasteiger partial charge on any atom is -0.478 e. The minimum atomic E-state index is -1.01. The molecule has 0 bridgehead atoms. The summed E-state index contributed by atoms with van der Waals surface area (Å²) >= 11 is 1.31. The molecule has 24 heavy (non-hydrogen) atoms. The Balaban J connectivity index is 1.78. The topological polar surface area (TPSA) is 69.6 Å². The number of nitrogens with zero attached hydrogens (tertiary/aromatic N) is 1. The summed E-state index contributed by atoms with van der Waals surface area (Å²) in [6.45, 7) is 5.94. The van der Waals surface area contributed by atoms with Crippen molar-refractivity contribution in [3.63, 3.8) is 0 Å². The van der Waals surface area contributed by atoms with Gasteiger partial charge in [0.15, 0.2) is 0 Å². The van der Waals surface area contributed by atoms with Crippen LogP contribution in [0, 0.1) is 13.8 Å². The van der Waals surface area contributed by atoms with Crippen LogP contribution < -0.4 is 10.2 Å². The molecule has 1 aliphatic heterocycles. The highest BCUT2D eigenvalue weighted by Crippen LogP contribution is 2.34. The van der Waals surface area contributed by atoms with E-state index in [1.54, 1.807) is 6.92 Å². The van der Waals surface area contributed by atoms with Gasteiger partial charge in [-0.3, -0.25) is 4.79 Å². The number of carbonyl (C=O) groups excluding carboxylic acids is 1. The van der Waals surface area contributed by atoms with E-state index < -0.39 is 5.97 Å². The fourth-order valence-corrected chi connectivity index (χ4v) is 4.23. The van der Waals surface area contributed by atoms with Gasteiger partial charge in [-0.05, 0) is 44.4 Å². The molecule has 0 fully saturated rings. The molecule has 0 spiro atoms. The molecule has 0 saturated heterocycles. The molecule has 1 unspecified atom stereocenters. The number of aromatic carboxylic acids is 1. The maximum Gasteiger partial charge on any atom is 0.338 e. The molecule has 0 aliphatic carbocycles. The second-order valence-electron chi connectivity index (χ2n) is 6.15. The van der Waals surface area contributed by atoms with Gasteiger partial charge in [0.25, 0.3) is 0 Å². The molecule has 0 saturated carbocycles. The van der Waals surface area contributed by atoms with E-state index in [1.807, 2.05) is 25.1 Å². The quantitative estimate of drug-likeness (QED) is 0.891. The highest BCUT2D eigenvalue weighted by atomic mass is 32.1. The monoisotopic (exact) mass is 344 g/mol. The highest BCUT2D eigenvalue weighted by molar-refractivity contribution is 7.16. The van der Waals surface area contributed by atoms with Crippen molar-refractivity contribution in [2.45, 2.75) is 33.2 Å². The van der Waals surface area contributed by atoms with E-state index in [-0.39, 0.29) is 24.1 Å². The number of carboxylic acids is 1. The van der Waals surface area contributed by atoms with Gasteiger partial charge in [-0.25, -0.2) is 4.79 Å². The van der Waals surface area contributed by atoms with Crippen LogP contribution in [0.5, 0.6) is 0 Å². The van der Waals surface area contributed by atoms with Crippen molar-refractivity contribution in [2.24, 2.45) is 0 Å². The summed E-state index contributed by atoms with van der Waals surface area (Å²) in [7, 11) is 0. The summed E-state index contributed by atoms with van der Waals surface area (Å²) in [6.07, 6.45) is 0.918. The van der Waals surface area contributed by atoms with Crippen molar-refractivity contribution in [1.82, 2.24) is 0 Å². The first-order chi connectivity index (χ1) is 11.4. The van der Waals surface area contributed by atoms with Gasteiger partial charge in [0.2, 0.25) is 5.91 Å². The third kappa shape index (κ3) is 2.89. The first kappa shape index (κ1) is 16.5. The summed E-state index contributed by atoms with van der Waals surface area (Å²) in [5.74, 6) is -1.20. The Bertz CT molecular complexity index is 813. The Labute approximate surface area is 144 Å². The zero-order valence-electron chi connectivity index (χ0n) is 13.9. The van der Waals surface area contributed by atoms with Crippen LogP contribution in [0.15, 0.2) is 24.3 Å².